The van der Waals surface area contributed by atoms with E-state index in [1.807, 2.05) is 0 Å². The molecule has 1 N–H and O–H groups in total. The van der Waals surface area contributed by atoms with Crippen LogP contribution in [0.3, 0.4) is 0 Å². The number of hydrogen-bond acceptors (Lipinski definition) is 4. The van der Waals surface area contributed by atoms with Gasteiger partial charge in [-0.05, 0) is 26.2 Å². The second-order valence-corrected chi connectivity index (χ2v) is 7.14. The molecule has 4 atom stereocenters. The molecule has 0 aromatic heterocycles. The molecule has 1 aliphatic heterocycles. The molecule has 3 nitrogen and oxygen atoms in total. The first-order valence-electron chi connectivity index (χ1n) is 5.76. The summed E-state index contributed by atoms with van der Waals surface area (Å²) in [5, 5.41) is 4.46. The van der Waals surface area contributed by atoms with Crippen molar-refractivity contribution in [1.29, 1.82) is 0 Å². The average Bonchev–Trinajstić information content (AvgIpc) is 2.21. The Hall–Kier alpha value is -0.0300. The minimum absolute atomic E-state index is 0.357. The molecule has 0 fully saturated rings. The summed E-state index contributed by atoms with van der Waals surface area (Å²) in [6, 6.07) is 0.770. The van der Waals surface area contributed by atoms with Crippen LogP contribution in [0.4, 0.5) is 0 Å². The fourth-order valence-corrected chi connectivity index (χ4v) is 3.31. The molecule has 1 heterocycles. The van der Waals surface area contributed by atoms with Crippen molar-refractivity contribution in [3.05, 3.63) is 0 Å². The molecular weight excluding hydrogens is 240 g/mol. The van der Waals surface area contributed by atoms with Gasteiger partial charge in [0, 0.05) is 34.6 Å². The minimum Gasteiger partial charge on any atom is -0.362 e. The molecule has 0 aromatic rings. The standard InChI is InChI=1S/C11H22N2OS2/c1-8-7-15-11(13-10(8)3)12-9(2)5-6-16(4)14/h8-10H,5-7H2,1-4H3,(H,12,13). The average molecular weight is 262 g/mol. The van der Waals surface area contributed by atoms with Gasteiger partial charge in [-0.25, -0.2) is 0 Å². The zero-order chi connectivity index (χ0) is 12.1. The van der Waals surface area contributed by atoms with Gasteiger partial charge in [-0.3, -0.25) is 9.20 Å². The van der Waals surface area contributed by atoms with Gasteiger partial charge in [0.05, 0.1) is 6.04 Å². The number of hydrogen-bond donors (Lipinski definition) is 1. The molecule has 4 unspecified atom stereocenters. The van der Waals surface area contributed by atoms with Crippen LogP contribution in [0.5, 0.6) is 0 Å². The maximum atomic E-state index is 11.0. The van der Waals surface area contributed by atoms with Crippen LogP contribution in [-0.2, 0) is 10.8 Å². The summed E-state index contributed by atoms with van der Waals surface area (Å²) in [6.07, 6.45) is 2.69. The van der Waals surface area contributed by atoms with E-state index in [9.17, 15) is 4.21 Å². The Balaban J connectivity index is 2.36. The van der Waals surface area contributed by atoms with Crippen molar-refractivity contribution < 1.29 is 4.21 Å². The van der Waals surface area contributed by atoms with Gasteiger partial charge < -0.3 is 5.32 Å². The van der Waals surface area contributed by atoms with Gasteiger partial charge in [0.25, 0.3) is 0 Å². The maximum absolute atomic E-state index is 11.0. The van der Waals surface area contributed by atoms with Gasteiger partial charge in [-0.1, -0.05) is 18.7 Å². The molecule has 1 aliphatic rings. The fourth-order valence-electron chi connectivity index (χ4n) is 1.40. The molecule has 0 aromatic carbocycles. The smallest absolute Gasteiger partial charge is 0.157 e. The largest absolute Gasteiger partial charge is 0.362 e. The molecule has 0 saturated heterocycles. The zero-order valence-electron chi connectivity index (χ0n) is 10.5. The van der Waals surface area contributed by atoms with Crippen LogP contribution in [0.2, 0.25) is 0 Å². The van der Waals surface area contributed by atoms with E-state index in [-0.39, 0.29) is 0 Å². The van der Waals surface area contributed by atoms with Crippen molar-refractivity contribution >= 4 is 27.7 Å². The fraction of sp³-hybridized carbons (Fsp3) is 0.909. The molecule has 1 rings (SSSR count). The van der Waals surface area contributed by atoms with Crippen molar-refractivity contribution in [2.24, 2.45) is 10.9 Å². The molecule has 0 saturated carbocycles. The maximum Gasteiger partial charge on any atom is 0.157 e. The predicted octanol–water partition coefficient (Wildman–Crippen LogP) is 1.86. The second-order valence-electron chi connectivity index (χ2n) is 4.57. The zero-order valence-corrected chi connectivity index (χ0v) is 12.2. The third-order valence-electron chi connectivity index (χ3n) is 2.84. The lowest BCUT2D eigenvalue weighted by Crippen LogP contribution is -2.36. The van der Waals surface area contributed by atoms with Crippen LogP contribution >= 0.6 is 11.8 Å². The van der Waals surface area contributed by atoms with Gasteiger partial charge in [-0.2, -0.15) is 0 Å². The van der Waals surface area contributed by atoms with Gasteiger partial charge in [0.2, 0.25) is 0 Å². The number of nitrogens with one attached hydrogen (secondary N) is 1. The van der Waals surface area contributed by atoms with E-state index in [1.54, 1.807) is 18.0 Å². The number of thioether (sulfide) groups is 1. The SMILES string of the molecule is CC(CCS(C)=O)NC1=NC(C)C(C)CS1. The molecule has 0 amide bonds. The van der Waals surface area contributed by atoms with E-state index in [0.29, 0.717) is 18.0 Å². The van der Waals surface area contributed by atoms with Gasteiger partial charge >= 0.3 is 0 Å². The number of amidine groups is 1. The number of rotatable bonds is 4. The summed E-state index contributed by atoms with van der Waals surface area (Å²) in [5.74, 6) is 2.56. The molecule has 5 heteroatoms. The highest BCUT2D eigenvalue weighted by Crippen LogP contribution is 2.21. The van der Waals surface area contributed by atoms with Crippen molar-refractivity contribution in [3.8, 4) is 0 Å². The lowest BCUT2D eigenvalue weighted by molar-refractivity contribution is 0.530. The summed E-state index contributed by atoms with van der Waals surface area (Å²) in [5.41, 5.74) is 0. The second kappa shape index (κ2) is 6.64. The summed E-state index contributed by atoms with van der Waals surface area (Å²) < 4.78 is 11.0. The van der Waals surface area contributed by atoms with E-state index in [4.69, 9.17) is 0 Å². The van der Waals surface area contributed by atoms with E-state index in [0.717, 1.165) is 23.1 Å². The first kappa shape index (κ1) is 14.0. The Labute approximate surface area is 105 Å². The van der Waals surface area contributed by atoms with Gasteiger partial charge in [-0.15, -0.1) is 0 Å². The van der Waals surface area contributed by atoms with E-state index in [2.05, 4.69) is 31.1 Å². The van der Waals surface area contributed by atoms with Gasteiger partial charge in [0.15, 0.2) is 5.17 Å². The lowest BCUT2D eigenvalue weighted by atomic mass is 10.1. The molecule has 0 radical (unpaired) electrons. The highest BCUT2D eigenvalue weighted by molar-refractivity contribution is 8.13. The summed E-state index contributed by atoms with van der Waals surface area (Å²) in [4.78, 5) is 4.62. The van der Waals surface area contributed by atoms with Gasteiger partial charge in [0.1, 0.15) is 0 Å². The Morgan fingerprint density at radius 1 is 1.62 bits per heavy atom. The van der Waals surface area contributed by atoms with E-state index >= 15 is 0 Å². The third-order valence-corrected chi connectivity index (χ3v) is 4.84. The van der Waals surface area contributed by atoms with Crippen LogP contribution < -0.4 is 5.32 Å². The summed E-state index contributed by atoms with van der Waals surface area (Å²) in [7, 11) is -0.692. The predicted molar refractivity (Wildman–Crippen MR) is 74.7 cm³/mol. The summed E-state index contributed by atoms with van der Waals surface area (Å²) in [6.45, 7) is 6.53. The Morgan fingerprint density at radius 3 is 2.88 bits per heavy atom. The highest BCUT2D eigenvalue weighted by atomic mass is 32.2. The van der Waals surface area contributed by atoms with Crippen molar-refractivity contribution in [1.82, 2.24) is 5.32 Å². The Bertz CT molecular complexity index is 281. The topological polar surface area (TPSA) is 41.5 Å². The number of nitrogens with zero attached hydrogens (tertiary/aromatic N) is 1. The monoisotopic (exact) mass is 262 g/mol. The van der Waals surface area contributed by atoms with Crippen molar-refractivity contribution in [2.45, 2.75) is 39.3 Å². The van der Waals surface area contributed by atoms with Crippen LogP contribution in [0.25, 0.3) is 0 Å². The molecule has 0 aliphatic carbocycles. The van der Waals surface area contributed by atoms with Crippen molar-refractivity contribution in [3.63, 3.8) is 0 Å². The van der Waals surface area contributed by atoms with Crippen LogP contribution in [-0.4, -0.2) is 39.2 Å². The van der Waals surface area contributed by atoms with Crippen LogP contribution in [0.1, 0.15) is 27.2 Å². The van der Waals surface area contributed by atoms with E-state index < -0.39 is 10.8 Å². The normalized spacial score (nSPS) is 29.4. The first-order valence-corrected chi connectivity index (χ1v) is 8.47. The quantitative estimate of drug-likeness (QED) is 0.841. The minimum atomic E-state index is -0.692. The molecular formula is C11H22N2OS2. The molecule has 0 spiro atoms. The molecule has 16 heavy (non-hydrogen) atoms. The highest BCUT2D eigenvalue weighted by Gasteiger charge is 2.19. The van der Waals surface area contributed by atoms with Crippen molar-refractivity contribution in [2.75, 3.05) is 17.8 Å². The van der Waals surface area contributed by atoms with Crippen LogP contribution in [0, 0.1) is 5.92 Å². The Kier molecular flexibility index (Phi) is 5.83. The molecule has 0 bridgehead atoms. The summed E-state index contributed by atoms with van der Waals surface area (Å²) >= 11 is 1.80. The lowest BCUT2D eigenvalue weighted by Gasteiger charge is -2.25. The number of aliphatic imine (C=N–C) groups is 1. The van der Waals surface area contributed by atoms with E-state index in [1.165, 1.54) is 0 Å². The third kappa shape index (κ3) is 4.87. The van der Waals surface area contributed by atoms with Crippen LogP contribution in [0.15, 0.2) is 4.99 Å². The molecule has 94 valence electrons. The Morgan fingerprint density at radius 2 is 2.31 bits per heavy atom. The first-order chi connectivity index (χ1) is 7.49.